The first-order valence-corrected chi connectivity index (χ1v) is 15.1. The lowest BCUT2D eigenvalue weighted by Crippen LogP contribution is -2.26. The van der Waals surface area contributed by atoms with Crippen LogP contribution in [-0.4, -0.2) is 44.8 Å². The molecule has 41 heavy (non-hydrogen) atoms. The standard InChI is InChI=1S/C28H35F3N6O3S/c1-18-9-11-20(24(13-18)37(2)41(4,38)39)16-33-26-22(28(29,30)31)17-34-27(36-26)35-23-12-10-19(14-25(23)40-3)15-32-21-7-5-6-8-21/h9-14,17,21,32H,5-8,15-16H2,1-4H3,(H2,33,34,35,36). The SMILES string of the molecule is COc1cc(CNC2CCCC2)ccc1Nc1ncc(C(F)(F)F)c(NCc2ccc(C)cc2N(C)S(C)(=O)=O)n1. The number of aromatic nitrogens is 2. The smallest absolute Gasteiger partial charge is 0.421 e. The van der Waals surface area contributed by atoms with Gasteiger partial charge in [0.1, 0.15) is 17.1 Å². The van der Waals surface area contributed by atoms with Gasteiger partial charge in [0.25, 0.3) is 0 Å². The summed E-state index contributed by atoms with van der Waals surface area (Å²) >= 11 is 0. The summed E-state index contributed by atoms with van der Waals surface area (Å²) in [5.74, 6) is -0.00487. The number of halogens is 3. The molecule has 0 unspecified atom stereocenters. The predicted molar refractivity (Wildman–Crippen MR) is 154 cm³/mol. The molecular weight excluding hydrogens is 557 g/mol. The van der Waals surface area contributed by atoms with Crippen LogP contribution >= 0.6 is 0 Å². The van der Waals surface area contributed by atoms with Gasteiger partial charge in [0.05, 0.1) is 24.7 Å². The van der Waals surface area contributed by atoms with E-state index in [9.17, 15) is 21.6 Å². The molecule has 13 heteroatoms. The highest BCUT2D eigenvalue weighted by atomic mass is 32.2. The summed E-state index contributed by atoms with van der Waals surface area (Å²) in [6.07, 6.45) is 1.85. The quantitative estimate of drug-likeness (QED) is 0.264. The molecule has 0 amide bonds. The molecule has 0 aliphatic heterocycles. The Kier molecular flexibility index (Phi) is 9.27. The second-order valence-electron chi connectivity index (χ2n) is 10.2. The molecule has 0 saturated heterocycles. The maximum Gasteiger partial charge on any atom is 0.421 e. The molecule has 0 atom stereocenters. The first-order valence-electron chi connectivity index (χ1n) is 13.2. The Hall–Kier alpha value is -3.58. The second kappa shape index (κ2) is 12.5. The van der Waals surface area contributed by atoms with Crippen LogP contribution in [0.5, 0.6) is 5.75 Å². The molecule has 1 aliphatic carbocycles. The van der Waals surface area contributed by atoms with Crippen molar-refractivity contribution in [2.45, 2.75) is 57.9 Å². The van der Waals surface area contributed by atoms with Crippen LogP contribution in [0.4, 0.5) is 36.3 Å². The molecule has 222 valence electrons. The summed E-state index contributed by atoms with van der Waals surface area (Å²) in [6.45, 7) is 2.37. The normalized spacial score (nSPS) is 14.2. The van der Waals surface area contributed by atoms with Gasteiger partial charge in [0.15, 0.2) is 0 Å². The zero-order valence-corrected chi connectivity index (χ0v) is 24.3. The molecule has 1 heterocycles. The number of sulfonamides is 1. The fourth-order valence-electron chi connectivity index (χ4n) is 4.72. The molecule has 0 bridgehead atoms. The Morgan fingerprint density at radius 1 is 1.10 bits per heavy atom. The zero-order chi connectivity index (χ0) is 29.8. The van der Waals surface area contributed by atoms with E-state index < -0.39 is 27.6 Å². The van der Waals surface area contributed by atoms with Gasteiger partial charge in [-0.3, -0.25) is 4.31 Å². The summed E-state index contributed by atoms with van der Waals surface area (Å²) in [7, 11) is -0.685. The topological polar surface area (TPSA) is 108 Å². The van der Waals surface area contributed by atoms with E-state index in [1.807, 2.05) is 12.1 Å². The molecule has 1 saturated carbocycles. The van der Waals surface area contributed by atoms with Gasteiger partial charge < -0.3 is 20.7 Å². The zero-order valence-electron chi connectivity index (χ0n) is 23.5. The van der Waals surface area contributed by atoms with Gasteiger partial charge in [-0.2, -0.15) is 18.2 Å². The molecule has 1 fully saturated rings. The predicted octanol–water partition coefficient (Wildman–Crippen LogP) is 5.60. The number of hydrogen-bond donors (Lipinski definition) is 3. The van der Waals surface area contributed by atoms with Gasteiger partial charge in [0, 0.05) is 32.4 Å². The van der Waals surface area contributed by atoms with E-state index in [-0.39, 0.29) is 12.5 Å². The van der Waals surface area contributed by atoms with Gasteiger partial charge in [-0.15, -0.1) is 0 Å². The summed E-state index contributed by atoms with van der Waals surface area (Å²) in [5, 5.41) is 9.24. The molecular formula is C28H35F3N6O3S. The number of benzene rings is 2. The molecule has 9 nitrogen and oxygen atoms in total. The monoisotopic (exact) mass is 592 g/mol. The van der Waals surface area contributed by atoms with Crippen LogP contribution in [-0.2, 0) is 29.3 Å². The molecule has 1 aliphatic rings. The van der Waals surface area contributed by atoms with Crippen molar-refractivity contribution in [2.24, 2.45) is 0 Å². The van der Waals surface area contributed by atoms with Gasteiger partial charge in [0.2, 0.25) is 16.0 Å². The molecule has 0 spiro atoms. The fourth-order valence-corrected chi connectivity index (χ4v) is 5.25. The number of methoxy groups -OCH3 is 1. The van der Waals surface area contributed by atoms with Crippen LogP contribution in [0.15, 0.2) is 42.6 Å². The summed E-state index contributed by atoms with van der Waals surface area (Å²) < 4.78 is 72.5. The van der Waals surface area contributed by atoms with E-state index in [2.05, 4.69) is 25.9 Å². The van der Waals surface area contributed by atoms with Crippen molar-refractivity contribution in [3.8, 4) is 5.75 Å². The Labute approximate surface area is 238 Å². The molecule has 3 aromatic rings. The lowest BCUT2D eigenvalue weighted by molar-refractivity contribution is -0.137. The van der Waals surface area contributed by atoms with Crippen molar-refractivity contribution in [1.29, 1.82) is 0 Å². The van der Waals surface area contributed by atoms with Crippen LogP contribution in [0, 0.1) is 6.92 Å². The minimum Gasteiger partial charge on any atom is -0.495 e. The van der Waals surface area contributed by atoms with Crippen LogP contribution in [0.25, 0.3) is 0 Å². The molecule has 2 aromatic carbocycles. The highest BCUT2D eigenvalue weighted by molar-refractivity contribution is 7.92. The van der Waals surface area contributed by atoms with Crippen molar-refractivity contribution in [3.63, 3.8) is 0 Å². The van der Waals surface area contributed by atoms with Crippen molar-refractivity contribution >= 4 is 33.2 Å². The van der Waals surface area contributed by atoms with E-state index in [1.54, 1.807) is 31.2 Å². The Morgan fingerprint density at radius 3 is 2.49 bits per heavy atom. The third kappa shape index (κ3) is 7.79. The van der Waals surface area contributed by atoms with Gasteiger partial charge in [-0.05, 0) is 54.7 Å². The Morgan fingerprint density at radius 2 is 1.83 bits per heavy atom. The highest BCUT2D eigenvalue weighted by Crippen LogP contribution is 2.36. The van der Waals surface area contributed by atoms with Crippen LogP contribution in [0.3, 0.4) is 0 Å². The van der Waals surface area contributed by atoms with Crippen molar-refractivity contribution in [3.05, 3.63) is 64.8 Å². The summed E-state index contributed by atoms with van der Waals surface area (Å²) in [4.78, 5) is 8.02. The number of alkyl halides is 3. The largest absolute Gasteiger partial charge is 0.495 e. The highest BCUT2D eigenvalue weighted by Gasteiger charge is 2.35. The van der Waals surface area contributed by atoms with Crippen LogP contribution in [0.2, 0.25) is 0 Å². The average molecular weight is 593 g/mol. The number of nitrogens with one attached hydrogen (secondary N) is 3. The van der Waals surface area contributed by atoms with Crippen LogP contribution in [0.1, 0.15) is 47.9 Å². The summed E-state index contributed by atoms with van der Waals surface area (Å²) in [6, 6.07) is 11.1. The number of nitrogens with zero attached hydrogens (tertiary/aromatic N) is 3. The van der Waals surface area contributed by atoms with E-state index in [1.165, 1.54) is 27.0 Å². The average Bonchev–Trinajstić information content (AvgIpc) is 3.44. The number of rotatable bonds is 11. The van der Waals surface area contributed by atoms with E-state index >= 15 is 0 Å². The lowest BCUT2D eigenvalue weighted by atomic mass is 10.1. The summed E-state index contributed by atoms with van der Waals surface area (Å²) in [5.41, 5.74) is 2.11. The lowest BCUT2D eigenvalue weighted by Gasteiger charge is -2.22. The third-order valence-corrected chi connectivity index (χ3v) is 8.27. The van der Waals surface area contributed by atoms with Gasteiger partial charge in [-0.1, -0.05) is 31.0 Å². The van der Waals surface area contributed by atoms with Crippen molar-refractivity contribution in [2.75, 3.05) is 35.4 Å². The number of ether oxygens (including phenoxy) is 1. The van der Waals surface area contributed by atoms with E-state index in [4.69, 9.17) is 4.74 Å². The number of hydrogen-bond acceptors (Lipinski definition) is 8. The van der Waals surface area contributed by atoms with Gasteiger partial charge >= 0.3 is 6.18 Å². The minimum absolute atomic E-state index is 0.0620. The molecule has 0 radical (unpaired) electrons. The molecule has 1 aromatic heterocycles. The number of anilines is 4. The first-order chi connectivity index (χ1) is 19.3. The number of aryl methyl sites for hydroxylation is 1. The van der Waals surface area contributed by atoms with Crippen molar-refractivity contribution in [1.82, 2.24) is 15.3 Å². The molecule has 3 N–H and O–H groups in total. The van der Waals surface area contributed by atoms with Gasteiger partial charge in [-0.25, -0.2) is 13.4 Å². The third-order valence-electron chi connectivity index (χ3n) is 7.08. The first kappa shape index (κ1) is 30.4. The fraction of sp³-hybridized carbons (Fsp3) is 0.429. The maximum atomic E-state index is 13.8. The second-order valence-corrected chi connectivity index (χ2v) is 12.2. The van der Waals surface area contributed by atoms with Crippen molar-refractivity contribution < 1.29 is 26.3 Å². The molecule has 4 rings (SSSR count). The van der Waals surface area contributed by atoms with E-state index in [0.29, 0.717) is 41.5 Å². The van der Waals surface area contributed by atoms with Crippen LogP contribution < -0.4 is 25.0 Å². The van der Waals surface area contributed by atoms with E-state index in [0.717, 1.165) is 34.5 Å². The maximum absolute atomic E-state index is 13.8. The minimum atomic E-state index is -4.72. The Balaban J connectivity index is 1.57. The Bertz CT molecular complexity index is 1480.